The monoisotopic (exact) mass is 108 g/mol. The summed E-state index contributed by atoms with van der Waals surface area (Å²) in [5.41, 5.74) is 1.31. The number of rotatable bonds is 2. The van der Waals surface area contributed by atoms with Gasteiger partial charge >= 0.3 is 0 Å². The summed E-state index contributed by atoms with van der Waals surface area (Å²) >= 11 is 0. The van der Waals surface area contributed by atoms with Crippen molar-refractivity contribution in [1.82, 2.24) is 0 Å². The van der Waals surface area contributed by atoms with E-state index in [0.29, 0.717) is 0 Å². The maximum Gasteiger partial charge on any atom is -0.0439 e. The van der Waals surface area contributed by atoms with E-state index in [1.54, 1.807) is 6.08 Å². The lowest BCUT2D eigenvalue weighted by atomic mass is 10.3. The third-order valence-corrected chi connectivity index (χ3v) is 0.677. The average Bonchev–Trinajstić information content (AvgIpc) is 1.66. The first-order valence-corrected chi connectivity index (χ1v) is 2.70. The Kier molecular flexibility index (Phi) is 3.95. The summed E-state index contributed by atoms with van der Waals surface area (Å²) in [6, 6.07) is 0. The van der Waals surface area contributed by atoms with E-state index in [9.17, 15) is 0 Å². The Morgan fingerprint density at radius 3 is 2.25 bits per heavy atom. The van der Waals surface area contributed by atoms with Crippen LogP contribution in [0.3, 0.4) is 0 Å². The highest BCUT2D eigenvalue weighted by molar-refractivity contribution is 5.12. The summed E-state index contributed by atoms with van der Waals surface area (Å²) in [5, 5.41) is 0. The third-order valence-electron chi connectivity index (χ3n) is 0.677. The van der Waals surface area contributed by atoms with Crippen LogP contribution >= 0.6 is 0 Å². The van der Waals surface area contributed by atoms with Crippen molar-refractivity contribution < 1.29 is 0 Å². The predicted octanol–water partition coefficient (Wildman–Crippen LogP) is 2.69. The van der Waals surface area contributed by atoms with Crippen LogP contribution in [0.1, 0.15) is 13.8 Å². The van der Waals surface area contributed by atoms with Crippen LogP contribution in [0.2, 0.25) is 0 Å². The number of hydrogen-bond acceptors (Lipinski definition) is 0. The van der Waals surface area contributed by atoms with E-state index in [1.807, 2.05) is 18.2 Å². The molecule has 0 fully saturated rings. The molecular formula is C8H12. The highest BCUT2D eigenvalue weighted by Gasteiger charge is 1.66. The van der Waals surface area contributed by atoms with Crippen molar-refractivity contribution in [2.75, 3.05) is 0 Å². The molecule has 0 heteroatoms. The molecule has 0 nitrogen and oxygen atoms in total. The number of allylic oxidation sites excluding steroid dienone is 5. The van der Waals surface area contributed by atoms with Crippen LogP contribution in [-0.2, 0) is 0 Å². The Hall–Kier alpha value is -0.780. The molecule has 44 valence electrons. The normalized spacial score (nSPS) is 9.25. The van der Waals surface area contributed by atoms with Gasteiger partial charge in [0.15, 0.2) is 0 Å². The molecule has 0 saturated heterocycles. The molecule has 8 heavy (non-hydrogen) atoms. The van der Waals surface area contributed by atoms with Gasteiger partial charge in [-0.05, 0) is 13.8 Å². The largest absolute Gasteiger partial charge is 0.0991 e. The molecule has 0 heterocycles. The second-order valence-electron chi connectivity index (χ2n) is 1.86. The summed E-state index contributed by atoms with van der Waals surface area (Å²) in [7, 11) is 0. The van der Waals surface area contributed by atoms with E-state index in [2.05, 4.69) is 20.4 Å². The van der Waals surface area contributed by atoms with Gasteiger partial charge in [-0.25, -0.2) is 0 Å². The maximum atomic E-state index is 3.54. The molecule has 0 spiro atoms. The second kappa shape index (κ2) is 4.38. The molecule has 0 aliphatic carbocycles. The van der Waals surface area contributed by atoms with E-state index < -0.39 is 0 Å². The van der Waals surface area contributed by atoms with Crippen molar-refractivity contribution in [3.05, 3.63) is 36.5 Å². The van der Waals surface area contributed by atoms with Gasteiger partial charge in [-0.15, -0.1) is 0 Å². The first kappa shape index (κ1) is 7.22. The van der Waals surface area contributed by atoms with Gasteiger partial charge in [-0.3, -0.25) is 0 Å². The molecule has 0 N–H and O–H groups in total. The Morgan fingerprint density at radius 2 is 1.88 bits per heavy atom. The highest BCUT2D eigenvalue weighted by Crippen LogP contribution is 1.87. The minimum atomic E-state index is 1.31. The first-order valence-electron chi connectivity index (χ1n) is 2.70. The first-order chi connectivity index (χ1) is 3.77. The van der Waals surface area contributed by atoms with Crippen molar-refractivity contribution in [2.45, 2.75) is 13.8 Å². The summed E-state index contributed by atoms with van der Waals surface area (Å²) < 4.78 is 0. The fourth-order valence-corrected chi connectivity index (χ4v) is 0.327. The molecular weight excluding hydrogens is 96.1 g/mol. The summed E-state index contributed by atoms with van der Waals surface area (Å²) in [5.74, 6) is 0. The molecule has 0 unspecified atom stereocenters. The highest BCUT2D eigenvalue weighted by atomic mass is 13.7. The van der Waals surface area contributed by atoms with E-state index >= 15 is 0 Å². The van der Waals surface area contributed by atoms with Gasteiger partial charge in [0, 0.05) is 0 Å². The van der Waals surface area contributed by atoms with Crippen LogP contribution in [0, 0.1) is 0 Å². The van der Waals surface area contributed by atoms with Crippen molar-refractivity contribution >= 4 is 0 Å². The quantitative estimate of drug-likeness (QED) is 0.477. The van der Waals surface area contributed by atoms with Crippen LogP contribution in [0.5, 0.6) is 0 Å². The summed E-state index contributed by atoms with van der Waals surface area (Å²) in [4.78, 5) is 0. The minimum absolute atomic E-state index is 1.31. The molecule has 0 aromatic rings. The Labute approximate surface area is 51.2 Å². The van der Waals surface area contributed by atoms with Crippen LogP contribution < -0.4 is 0 Å². The van der Waals surface area contributed by atoms with Gasteiger partial charge in [0.05, 0.1) is 0 Å². The summed E-state index contributed by atoms with van der Waals surface area (Å²) in [6.45, 7) is 7.67. The van der Waals surface area contributed by atoms with Crippen LogP contribution in [0.4, 0.5) is 0 Å². The topological polar surface area (TPSA) is 0 Å². The number of hydrogen-bond donors (Lipinski definition) is 0. The molecule has 0 atom stereocenters. The zero-order chi connectivity index (χ0) is 6.41. The second-order valence-corrected chi connectivity index (χ2v) is 1.86. The van der Waals surface area contributed by atoms with E-state index in [0.717, 1.165) is 0 Å². The van der Waals surface area contributed by atoms with E-state index in [4.69, 9.17) is 0 Å². The Balaban J connectivity index is 3.57. The van der Waals surface area contributed by atoms with E-state index in [1.165, 1.54) is 5.57 Å². The summed E-state index contributed by atoms with van der Waals surface area (Å²) in [6.07, 6.45) is 7.69. The SMILES string of the molecule is C=C/C=C/C=C(C)C. The lowest BCUT2D eigenvalue weighted by Crippen LogP contribution is -1.56. The van der Waals surface area contributed by atoms with Crippen molar-refractivity contribution in [3.8, 4) is 0 Å². The smallest absolute Gasteiger partial charge is 0.0439 e. The zero-order valence-corrected chi connectivity index (χ0v) is 5.52. The lowest BCUT2D eigenvalue weighted by Gasteiger charge is -1.78. The van der Waals surface area contributed by atoms with Crippen molar-refractivity contribution in [1.29, 1.82) is 0 Å². The van der Waals surface area contributed by atoms with E-state index in [-0.39, 0.29) is 0 Å². The molecule has 0 saturated carbocycles. The Bertz CT molecular complexity index is 112. The standard InChI is InChI=1S/C8H12/c1-4-5-6-7-8(2)3/h4-7H,1H2,2-3H3/b6-5+. The van der Waals surface area contributed by atoms with Gasteiger partial charge in [0.1, 0.15) is 0 Å². The van der Waals surface area contributed by atoms with Crippen LogP contribution in [-0.4, -0.2) is 0 Å². The molecule has 0 aliphatic rings. The molecule has 0 radical (unpaired) electrons. The molecule has 0 bridgehead atoms. The lowest BCUT2D eigenvalue weighted by molar-refractivity contribution is 1.39. The zero-order valence-electron chi connectivity index (χ0n) is 5.52. The molecule has 0 aromatic heterocycles. The fourth-order valence-electron chi connectivity index (χ4n) is 0.327. The molecule has 0 aliphatic heterocycles. The van der Waals surface area contributed by atoms with Gasteiger partial charge in [0.2, 0.25) is 0 Å². The van der Waals surface area contributed by atoms with Crippen molar-refractivity contribution in [2.24, 2.45) is 0 Å². The molecule has 0 amide bonds. The van der Waals surface area contributed by atoms with Gasteiger partial charge in [0.25, 0.3) is 0 Å². The fraction of sp³-hybridized carbons (Fsp3) is 0.250. The maximum absolute atomic E-state index is 3.54. The van der Waals surface area contributed by atoms with Crippen LogP contribution in [0.15, 0.2) is 36.5 Å². The molecule has 0 rings (SSSR count). The third kappa shape index (κ3) is 5.22. The minimum Gasteiger partial charge on any atom is -0.0991 e. The van der Waals surface area contributed by atoms with Gasteiger partial charge in [-0.1, -0.05) is 36.5 Å². The Morgan fingerprint density at radius 1 is 1.25 bits per heavy atom. The predicted molar refractivity (Wildman–Crippen MR) is 38.8 cm³/mol. The van der Waals surface area contributed by atoms with Gasteiger partial charge < -0.3 is 0 Å². The van der Waals surface area contributed by atoms with Gasteiger partial charge in [-0.2, -0.15) is 0 Å². The van der Waals surface area contributed by atoms with Crippen molar-refractivity contribution in [3.63, 3.8) is 0 Å². The van der Waals surface area contributed by atoms with Crippen LogP contribution in [0.25, 0.3) is 0 Å². The average molecular weight is 108 g/mol. The molecule has 0 aromatic carbocycles.